The molecule has 1 aromatic carbocycles. The Morgan fingerprint density at radius 2 is 1.90 bits per heavy atom. The van der Waals surface area contributed by atoms with E-state index in [4.69, 9.17) is 5.53 Å². The van der Waals surface area contributed by atoms with Crippen LogP contribution in [0.3, 0.4) is 0 Å². The van der Waals surface area contributed by atoms with Crippen LogP contribution in [-0.2, 0) is 14.4 Å². The van der Waals surface area contributed by atoms with Gasteiger partial charge in [-0.3, -0.25) is 0 Å². The van der Waals surface area contributed by atoms with Crippen molar-refractivity contribution >= 4 is 23.5 Å². The van der Waals surface area contributed by atoms with Crippen LogP contribution in [0.25, 0.3) is 10.4 Å². The Morgan fingerprint density at radius 1 is 1.30 bits per heavy atom. The Hall–Kier alpha value is -2.74. The van der Waals surface area contributed by atoms with Crippen molar-refractivity contribution in [3.05, 3.63) is 40.3 Å². The van der Waals surface area contributed by atoms with Crippen molar-refractivity contribution in [2.75, 3.05) is 0 Å². The van der Waals surface area contributed by atoms with Gasteiger partial charge in [0.2, 0.25) is 0 Å². The number of amides is 2. The molecule has 9 nitrogen and oxygen atoms in total. The number of hydrogen-bond donors (Lipinski definition) is 1. The first-order chi connectivity index (χ1) is 9.49. The van der Waals surface area contributed by atoms with Gasteiger partial charge in [-0.05, 0) is 11.6 Å². The zero-order valence-electron chi connectivity index (χ0n) is 10.1. The highest BCUT2D eigenvalue weighted by atomic mass is 17.0. The third-order valence-electron chi connectivity index (χ3n) is 2.72. The second kappa shape index (κ2) is 5.10. The molecular formula is C11H9N4O5+. The highest BCUT2D eigenvalue weighted by molar-refractivity contribution is 5.96. The molecule has 0 atom stereocenters. The number of quaternary nitrogens is 1. The van der Waals surface area contributed by atoms with E-state index in [0.29, 0.717) is 0 Å². The van der Waals surface area contributed by atoms with Gasteiger partial charge in [-0.25, -0.2) is 19.2 Å². The smallest absolute Gasteiger partial charge is 0.239 e. The number of carbonyl (C=O) groups excluding carboxylic acids is 3. The molecule has 1 fully saturated rings. The third kappa shape index (κ3) is 2.24. The Bertz CT molecular complexity index is 634. The Balaban J connectivity index is 2.32. The molecule has 1 aromatic rings. The van der Waals surface area contributed by atoms with E-state index >= 15 is 0 Å². The summed E-state index contributed by atoms with van der Waals surface area (Å²) >= 11 is 0. The highest BCUT2D eigenvalue weighted by Crippen LogP contribution is 2.25. The molecule has 2 amide bonds. The van der Waals surface area contributed by atoms with Gasteiger partial charge >= 0.3 is 17.8 Å². The van der Waals surface area contributed by atoms with Gasteiger partial charge in [-0.15, -0.1) is 0 Å². The van der Waals surface area contributed by atoms with Gasteiger partial charge in [0, 0.05) is 4.91 Å². The average molecular weight is 277 g/mol. The minimum Gasteiger partial charge on any atom is -0.239 e. The molecule has 0 unspecified atom stereocenters. The Morgan fingerprint density at radius 3 is 2.50 bits per heavy atom. The number of hydrogen-bond acceptors (Lipinski definition) is 6. The molecule has 1 heterocycles. The number of hydroxylamine groups is 4. The monoisotopic (exact) mass is 277 g/mol. The van der Waals surface area contributed by atoms with Gasteiger partial charge < -0.3 is 0 Å². The Kier molecular flexibility index (Phi) is 3.49. The minimum atomic E-state index is -2.01. The van der Waals surface area contributed by atoms with Crippen molar-refractivity contribution in [3.8, 4) is 0 Å². The summed E-state index contributed by atoms with van der Waals surface area (Å²) in [4.78, 5) is 39.9. The van der Waals surface area contributed by atoms with Crippen LogP contribution in [0, 0.1) is 0 Å². The van der Waals surface area contributed by atoms with Crippen LogP contribution in [0.1, 0.15) is 23.2 Å². The number of rotatable bonds is 3. The van der Waals surface area contributed by atoms with Gasteiger partial charge in [0.05, 0.1) is 24.1 Å². The molecule has 102 valence electrons. The standard InChI is InChI=1S/C11H9N4O5/c12-14-13-8-4-2-1-3-7(8)11(18)20-15(19)9(16)5-6-10(15)17/h1-4,19H,5-6H2/q+1. The lowest BCUT2D eigenvalue weighted by Crippen LogP contribution is -2.50. The second-order valence-electron chi connectivity index (χ2n) is 3.95. The van der Waals surface area contributed by atoms with Crippen LogP contribution in [0.15, 0.2) is 29.4 Å². The van der Waals surface area contributed by atoms with Crippen LogP contribution >= 0.6 is 0 Å². The van der Waals surface area contributed by atoms with Crippen LogP contribution in [0.5, 0.6) is 0 Å². The predicted molar refractivity (Wildman–Crippen MR) is 62.0 cm³/mol. The molecule has 1 aliphatic rings. The lowest BCUT2D eigenvalue weighted by Gasteiger charge is -2.16. The molecule has 1 aliphatic heterocycles. The maximum absolute atomic E-state index is 11.9. The van der Waals surface area contributed by atoms with Crippen LogP contribution < -0.4 is 0 Å². The fourth-order valence-electron chi connectivity index (χ4n) is 1.71. The maximum atomic E-state index is 11.9. The Labute approximate surface area is 112 Å². The molecule has 0 bridgehead atoms. The summed E-state index contributed by atoms with van der Waals surface area (Å²) in [6.45, 7) is 0. The van der Waals surface area contributed by atoms with Crippen LogP contribution in [0.4, 0.5) is 5.69 Å². The minimum absolute atomic E-state index is 0.0364. The number of nitrogens with zero attached hydrogens (tertiary/aromatic N) is 4. The summed E-state index contributed by atoms with van der Waals surface area (Å²) in [5.41, 5.74) is 8.19. The van der Waals surface area contributed by atoms with Crippen molar-refractivity contribution in [2.45, 2.75) is 12.8 Å². The van der Waals surface area contributed by atoms with Crippen molar-refractivity contribution < 1.29 is 29.2 Å². The van der Waals surface area contributed by atoms with Gasteiger partial charge in [0.25, 0.3) is 0 Å². The fraction of sp³-hybridized carbons (Fsp3) is 0.182. The van der Waals surface area contributed by atoms with Crippen LogP contribution in [-0.4, -0.2) is 27.8 Å². The molecule has 0 aromatic heterocycles. The fourth-order valence-corrected chi connectivity index (χ4v) is 1.71. The topological polar surface area (TPSA) is 129 Å². The first-order valence-corrected chi connectivity index (χ1v) is 5.55. The number of carbonyl (C=O) groups is 3. The van der Waals surface area contributed by atoms with Crippen LogP contribution in [0.2, 0.25) is 0 Å². The van der Waals surface area contributed by atoms with Gasteiger partial charge in [0.15, 0.2) is 0 Å². The van der Waals surface area contributed by atoms with E-state index in [1.807, 2.05) is 0 Å². The molecule has 0 saturated carbocycles. The predicted octanol–water partition coefficient (Wildman–Crippen LogP) is 1.75. The number of benzene rings is 1. The molecule has 2 rings (SSSR count). The lowest BCUT2D eigenvalue weighted by molar-refractivity contribution is -1.12. The zero-order valence-corrected chi connectivity index (χ0v) is 10.1. The molecule has 9 heteroatoms. The van der Waals surface area contributed by atoms with E-state index < -0.39 is 22.6 Å². The van der Waals surface area contributed by atoms with Gasteiger partial charge in [-0.2, -0.15) is 5.21 Å². The van der Waals surface area contributed by atoms with Gasteiger partial charge in [0.1, 0.15) is 4.81 Å². The molecule has 0 aliphatic carbocycles. The molecule has 0 spiro atoms. The van der Waals surface area contributed by atoms with E-state index in [9.17, 15) is 19.6 Å². The molecule has 1 saturated heterocycles. The number of imide groups is 1. The first kappa shape index (κ1) is 13.7. The first-order valence-electron chi connectivity index (χ1n) is 5.55. The van der Waals surface area contributed by atoms with Crippen molar-refractivity contribution in [2.24, 2.45) is 5.11 Å². The zero-order chi connectivity index (χ0) is 14.8. The molecular weight excluding hydrogens is 268 g/mol. The average Bonchev–Trinajstić information content (AvgIpc) is 2.67. The maximum Gasteiger partial charge on any atom is 0.403 e. The van der Waals surface area contributed by atoms with E-state index in [-0.39, 0.29) is 24.1 Å². The van der Waals surface area contributed by atoms with E-state index in [1.54, 1.807) is 0 Å². The van der Waals surface area contributed by atoms with E-state index in [2.05, 4.69) is 14.9 Å². The molecule has 0 radical (unpaired) electrons. The summed E-state index contributed by atoms with van der Waals surface area (Å²) in [7, 11) is 0. The number of azide groups is 1. The largest absolute Gasteiger partial charge is 0.403 e. The molecule has 20 heavy (non-hydrogen) atoms. The van der Waals surface area contributed by atoms with Crippen molar-refractivity contribution in [1.29, 1.82) is 0 Å². The van der Waals surface area contributed by atoms with Gasteiger partial charge in [-0.1, -0.05) is 23.3 Å². The summed E-state index contributed by atoms with van der Waals surface area (Å²) < 4.78 is 0. The summed E-state index contributed by atoms with van der Waals surface area (Å²) in [6, 6.07) is 5.63. The van der Waals surface area contributed by atoms with Crippen molar-refractivity contribution in [3.63, 3.8) is 0 Å². The summed E-state index contributed by atoms with van der Waals surface area (Å²) in [5, 5.41) is 13.1. The second-order valence-corrected chi connectivity index (χ2v) is 3.95. The van der Waals surface area contributed by atoms with E-state index in [0.717, 1.165) is 0 Å². The summed E-state index contributed by atoms with van der Waals surface area (Å²) in [6.07, 6.45) is -0.415. The third-order valence-corrected chi connectivity index (χ3v) is 2.72. The SMILES string of the molecule is [N-]=[N+]=Nc1ccccc1C(=O)O[N+]1(O)C(=O)CCC1=O. The quantitative estimate of drug-likeness (QED) is 0.224. The summed E-state index contributed by atoms with van der Waals surface area (Å²) in [5.74, 6) is -2.99. The highest BCUT2D eigenvalue weighted by Gasteiger charge is 2.55. The normalized spacial score (nSPS) is 16.6. The van der Waals surface area contributed by atoms with E-state index in [1.165, 1.54) is 24.3 Å². The molecule has 1 N–H and O–H groups in total. The van der Waals surface area contributed by atoms with Crippen molar-refractivity contribution in [1.82, 2.24) is 0 Å². The lowest BCUT2D eigenvalue weighted by atomic mass is 10.2.